The first-order valence-corrected chi connectivity index (χ1v) is 10.8. The molecular formula is C22H32N4O3S. The number of unbranched alkanes of at least 4 members (excludes halogenated alkanes) is 2. The zero-order chi connectivity index (χ0) is 21.8. The molecule has 0 radical (unpaired) electrons. The number of amides is 1. The summed E-state index contributed by atoms with van der Waals surface area (Å²) in [6.07, 6.45) is 4.62. The molecule has 0 bridgehead atoms. The van der Waals surface area contributed by atoms with E-state index in [1.807, 2.05) is 24.3 Å². The number of methoxy groups -OCH3 is 1. The number of hydrogen-bond acceptors (Lipinski definition) is 5. The summed E-state index contributed by atoms with van der Waals surface area (Å²) in [5.41, 5.74) is 5.98. The summed E-state index contributed by atoms with van der Waals surface area (Å²) < 4.78 is 10.9. The molecule has 3 N–H and O–H groups in total. The smallest absolute Gasteiger partial charge is 0.305 e. The van der Waals surface area contributed by atoms with Crippen molar-refractivity contribution in [1.82, 2.24) is 15.8 Å². The Kier molecular flexibility index (Phi) is 10.2. The summed E-state index contributed by atoms with van der Waals surface area (Å²) in [6.45, 7) is 7.15. The van der Waals surface area contributed by atoms with Crippen LogP contribution in [0, 0.1) is 0 Å². The lowest BCUT2D eigenvalue weighted by atomic mass is 10.2. The molecule has 8 heteroatoms. The molecule has 0 saturated carbocycles. The maximum absolute atomic E-state index is 12.4. The lowest BCUT2D eigenvalue weighted by Gasteiger charge is -2.20. The second-order valence-corrected chi connectivity index (χ2v) is 7.42. The third-order valence-corrected chi connectivity index (χ3v) is 4.74. The fraction of sp³-hybridized carbons (Fsp3) is 0.455. The molecule has 1 aromatic carbocycles. The van der Waals surface area contributed by atoms with Crippen molar-refractivity contribution in [3.8, 4) is 5.75 Å². The van der Waals surface area contributed by atoms with Crippen LogP contribution in [0.15, 0.2) is 40.8 Å². The molecule has 30 heavy (non-hydrogen) atoms. The molecule has 2 aromatic rings. The summed E-state index contributed by atoms with van der Waals surface area (Å²) in [4.78, 5) is 14.7. The minimum Gasteiger partial charge on any atom is -0.497 e. The van der Waals surface area contributed by atoms with E-state index < -0.39 is 0 Å². The van der Waals surface area contributed by atoms with Crippen molar-refractivity contribution in [3.63, 3.8) is 0 Å². The van der Waals surface area contributed by atoms with Crippen LogP contribution in [0.3, 0.4) is 0 Å². The molecule has 0 saturated heterocycles. The summed E-state index contributed by atoms with van der Waals surface area (Å²) in [5.74, 6) is 1.35. The first kappa shape index (κ1) is 23.7. The predicted molar refractivity (Wildman–Crippen MR) is 124 cm³/mol. The molecule has 0 aliphatic rings. The molecule has 164 valence electrons. The minimum absolute atomic E-state index is 0.243. The van der Waals surface area contributed by atoms with Gasteiger partial charge >= 0.3 is 5.91 Å². The molecule has 2 rings (SSSR count). The topological polar surface area (TPSA) is 78.8 Å². The molecule has 1 aromatic heterocycles. The Balaban J connectivity index is 1.84. The Morgan fingerprint density at radius 1 is 1.10 bits per heavy atom. The van der Waals surface area contributed by atoms with Gasteiger partial charge in [-0.15, -0.1) is 0 Å². The molecule has 0 aliphatic carbocycles. The average Bonchev–Trinajstić information content (AvgIpc) is 3.22. The zero-order valence-electron chi connectivity index (χ0n) is 18.0. The Bertz CT molecular complexity index is 801. The molecule has 7 nitrogen and oxygen atoms in total. The number of anilines is 1. The molecule has 1 amide bonds. The normalized spacial score (nSPS) is 10.7. The van der Waals surface area contributed by atoms with Gasteiger partial charge in [0.2, 0.25) is 0 Å². The van der Waals surface area contributed by atoms with Gasteiger partial charge in [0, 0.05) is 11.8 Å². The number of thiocarbonyl (C=S) groups is 1. The van der Waals surface area contributed by atoms with Crippen LogP contribution in [-0.2, 0) is 6.54 Å². The SMILES string of the molecule is CCCCN(CCCC)Cc1ccc(C(=O)NNC(=S)Nc2cccc(OC)c2)o1. The maximum Gasteiger partial charge on any atom is 0.305 e. The van der Waals surface area contributed by atoms with E-state index >= 15 is 0 Å². The first-order chi connectivity index (χ1) is 14.5. The number of nitrogens with zero attached hydrogens (tertiary/aromatic N) is 1. The van der Waals surface area contributed by atoms with Crippen LogP contribution >= 0.6 is 12.2 Å². The summed E-state index contributed by atoms with van der Waals surface area (Å²) in [7, 11) is 1.60. The van der Waals surface area contributed by atoms with Crippen molar-refractivity contribution in [1.29, 1.82) is 0 Å². The first-order valence-electron chi connectivity index (χ1n) is 10.4. The lowest BCUT2D eigenvalue weighted by molar-refractivity contribution is 0.0912. The van der Waals surface area contributed by atoms with E-state index in [0.29, 0.717) is 12.3 Å². The number of carbonyl (C=O) groups excluding carboxylic acids is 1. The number of nitrogens with one attached hydrogen (secondary N) is 3. The monoisotopic (exact) mass is 432 g/mol. The number of rotatable bonds is 11. The predicted octanol–water partition coefficient (Wildman–Crippen LogP) is 4.32. The number of hydrogen-bond donors (Lipinski definition) is 3. The average molecular weight is 433 g/mol. The highest BCUT2D eigenvalue weighted by Gasteiger charge is 2.14. The molecule has 0 unspecified atom stereocenters. The standard InChI is InChI=1S/C22H32N4O3S/c1-4-6-13-26(14-7-5-2)16-19-11-12-20(29-19)21(27)24-25-22(30)23-17-9-8-10-18(15-17)28-3/h8-12,15H,4-7,13-14,16H2,1-3H3,(H,24,27)(H2,23,25,30). The number of benzene rings is 1. The maximum atomic E-state index is 12.4. The number of carbonyl (C=O) groups is 1. The molecule has 0 atom stereocenters. The van der Waals surface area contributed by atoms with Gasteiger partial charge in [-0.25, -0.2) is 0 Å². The van der Waals surface area contributed by atoms with Crippen molar-refractivity contribution in [3.05, 3.63) is 47.9 Å². The van der Waals surface area contributed by atoms with Crippen LogP contribution in [0.25, 0.3) is 0 Å². The summed E-state index contributed by atoms with van der Waals surface area (Å²) in [6, 6.07) is 10.9. The summed E-state index contributed by atoms with van der Waals surface area (Å²) in [5, 5.41) is 3.24. The third-order valence-electron chi connectivity index (χ3n) is 4.54. The number of furan rings is 1. The highest BCUT2D eigenvalue weighted by Crippen LogP contribution is 2.16. The van der Waals surface area contributed by atoms with Crippen LogP contribution in [0.1, 0.15) is 55.8 Å². The fourth-order valence-corrected chi connectivity index (χ4v) is 3.05. The highest BCUT2D eigenvalue weighted by atomic mass is 32.1. The van der Waals surface area contributed by atoms with Crippen molar-refractivity contribution >= 4 is 28.9 Å². The van der Waals surface area contributed by atoms with E-state index in [1.54, 1.807) is 19.2 Å². The van der Waals surface area contributed by atoms with E-state index in [-0.39, 0.29) is 16.8 Å². The van der Waals surface area contributed by atoms with Gasteiger partial charge in [0.25, 0.3) is 0 Å². The Morgan fingerprint density at radius 3 is 2.50 bits per heavy atom. The van der Waals surface area contributed by atoms with Crippen molar-refractivity contribution in [2.24, 2.45) is 0 Å². The Labute approximate surface area is 184 Å². The Morgan fingerprint density at radius 2 is 1.83 bits per heavy atom. The number of hydrazine groups is 1. The lowest BCUT2D eigenvalue weighted by Crippen LogP contribution is -2.43. The largest absolute Gasteiger partial charge is 0.497 e. The highest BCUT2D eigenvalue weighted by molar-refractivity contribution is 7.80. The molecular weight excluding hydrogens is 400 g/mol. The molecule has 0 fully saturated rings. The van der Waals surface area contributed by atoms with Crippen LogP contribution in [-0.4, -0.2) is 36.1 Å². The van der Waals surface area contributed by atoms with Crippen molar-refractivity contribution in [2.75, 3.05) is 25.5 Å². The van der Waals surface area contributed by atoms with Gasteiger partial charge in [-0.3, -0.25) is 20.5 Å². The minimum atomic E-state index is -0.385. The third kappa shape index (κ3) is 8.04. The van der Waals surface area contributed by atoms with Gasteiger partial charge in [0.15, 0.2) is 10.9 Å². The Hall–Kier alpha value is -2.58. The quantitative estimate of drug-likeness (QED) is 0.360. The van der Waals surface area contributed by atoms with E-state index in [1.165, 1.54) is 0 Å². The van der Waals surface area contributed by atoms with Crippen LogP contribution in [0.4, 0.5) is 5.69 Å². The van der Waals surface area contributed by atoms with Gasteiger partial charge in [0.05, 0.1) is 13.7 Å². The van der Waals surface area contributed by atoms with Gasteiger partial charge in [-0.1, -0.05) is 32.8 Å². The van der Waals surface area contributed by atoms with E-state index in [0.717, 1.165) is 50.2 Å². The second kappa shape index (κ2) is 12.9. The van der Waals surface area contributed by atoms with Crippen LogP contribution in [0.5, 0.6) is 5.75 Å². The second-order valence-electron chi connectivity index (χ2n) is 7.01. The summed E-state index contributed by atoms with van der Waals surface area (Å²) >= 11 is 5.21. The molecule has 0 spiro atoms. The number of ether oxygens (including phenoxy) is 1. The van der Waals surface area contributed by atoms with Crippen LogP contribution < -0.4 is 20.9 Å². The van der Waals surface area contributed by atoms with E-state index in [4.69, 9.17) is 21.4 Å². The molecule has 0 aliphatic heterocycles. The van der Waals surface area contributed by atoms with E-state index in [9.17, 15) is 4.79 Å². The van der Waals surface area contributed by atoms with Crippen LogP contribution in [0.2, 0.25) is 0 Å². The zero-order valence-corrected chi connectivity index (χ0v) is 18.8. The molecule has 1 heterocycles. The van der Waals surface area contributed by atoms with E-state index in [2.05, 4.69) is 34.9 Å². The van der Waals surface area contributed by atoms with Gasteiger partial charge in [-0.05, 0) is 62.4 Å². The van der Waals surface area contributed by atoms with Crippen molar-refractivity contribution in [2.45, 2.75) is 46.1 Å². The van der Waals surface area contributed by atoms with Crippen molar-refractivity contribution < 1.29 is 13.9 Å². The van der Waals surface area contributed by atoms with Gasteiger partial charge in [0.1, 0.15) is 11.5 Å². The fourth-order valence-electron chi connectivity index (χ4n) is 2.88. The van der Waals surface area contributed by atoms with Gasteiger partial charge < -0.3 is 14.5 Å². The van der Waals surface area contributed by atoms with Gasteiger partial charge in [-0.2, -0.15) is 0 Å².